The van der Waals surface area contributed by atoms with Gasteiger partial charge in [0.25, 0.3) is 0 Å². The lowest BCUT2D eigenvalue weighted by Crippen LogP contribution is -2.41. The fourth-order valence-electron chi connectivity index (χ4n) is 1.67. The number of aromatic nitrogens is 1. The summed E-state index contributed by atoms with van der Waals surface area (Å²) in [6, 6.07) is 1.88. The molecule has 3 nitrogen and oxygen atoms in total. The minimum atomic E-state index is -0.330. The van der Waals surface area contributed by atoms with Crippen molar-refractivity contribution in [2.24, 2.45) is 7.05 Å². The van der Waals surface area contributed by atoms with Crippen molar-refractivity contribution in [3.63, 3.8) is 0 Å². The molecule has 0 radical (unpaired) electrons. The minimum Gasteiger partial charge on any atom is -0.399 e. The molecule has 0 aromatic carbocycles. The van der Waals surface area contributed by atoms with Crippen LogP contribution in [-0.4, -0.2) is 22.9 Å². The maximum Gasteiger partial charge on any atom is 0.496 e. The van der Waals surface area contributed by atoms with E-state index < -0.39 is 0 Å². The first-order chi connectivity index (χ1) is 7.23. The molecule has 1 saturated heterocycles. The zero-order valence-corrected chi connectivity index (χ0v) is 11.1. The average Bonchev–Trinajstić information content (AvgIpc) is 2.54. The second kappa shape index (κ2) is 3.52. The van der Waals surface area contributed by atoms with Gasteiger partial charge in [-0.2, -0.15) is 0 Å². The van der Waals surface area contributed by atoms with E-state index in [2.05, 4.69) is 0 Å². The molecule has 0 unspecified atom stereocenters. The highest BCUT2D eigenvalue weighted by molar-refractivity contribution is 6.62. The summed E-state index contributed by atoms with van der Waals surface area (Å²) in [5.74, 6) is 0. The van der Waals surface area contributed by atoms with E-state index >= 15 is 0 Å². The predicted octanol–water partition coefficient (Wildman–Crippen LogP) is 1.98. The van der Waals surface area contributed by atoms with Crippen LogP contribution in [0, 0.1) is 0 Å². The molecule has 0 bridgehead atoms. The maximum atomic E-state index is 6.00. The van der Waals surface area contributed by atoms with Crippen molar-refractivity contribution in [2.45, 2.75) is 38.9 Å². The van der Waals surface area contributed by atoms with E-state index in [1.165, 1.54) is 0 Å². The first-order valence-corrected chi connectivity index (χ1v) is 5.78. The quantitative estimate of drug-likeness (QED) is 0.702. The number of nitrogens with zero attached hydrogens (tertiary/aromatic N) is 1. The zero-order valence-electron chi connectivity index (χ0n) is 10.4. The van der Waals surface area contributed by atoms with Crippen LogP contribution in [0.1, 0.15) is 27.7 Å². The Morgan fingerprint density at radius 2 is 1.69 bits per heavy atom. The van der Waals surface area contributed by atoms with Crippen LogP contribution in [0.2, 0.25) is 5.15 Å². The molecule has 1 aliphatic rings. The highest BCUT2D eigenvalue weighted by Crippen LogP contribution is 2.36. The lowest BCUT2D eigenvalue weighted by atomic mass is 9.81. The number of rotatable bonds is 1. The number of hydrogen-bond acceptors (Lipinski definition) is 2. The third-order valence-corrected chi connectivity index (χ3v) is 3.87. The first kappa shape index (κ1) is 12.0. The van der Waals surface area contributed by atoms with Gasteiger partial charge in [-0.1, -0.05) is 11.6 Å². The second-order valence-corrected chi connectivity index (χ2v) is 5.68. The molecule has 1 aromatic rings. The summed E-state index contributed by atoms with van der Waals surface area (Å²) >= 11 is 6.00. The molecule has 0 atom stereocenters. The van der Waals surface area contributed by atoms with E-state index in [9.17, 15) is 0 Å². The van der Waals surface area contributed by atoms with E-state index in [-0.39, 0.29) is 18.3 Å². The molecule has 16 heavy (non-hydrogen) atoms. The Hall–Kier alpha value is -0.445. The van der Waals surface area contributed by atoms with Crippen molar-refractivity contribution < 1.29 is 9.31 Å². The van der Waals surface area contributed by atoms with E-state index in [4.69, 9.17) is 20.9 Å². The van der Waals surface area contributed by atoms with Crippen molar-refractivity contribution in [3.8, 4) is 0 Å². The van der Waals surface area contributed by atoms with Gasteiger partial charge in [-0.15, -0.1) is 0 Å². The molecule has 1 aliphatic heterocycles. The Labute approximate surface area is 102 Å². The van der Waals surface area contributed by atoms with Crippen LogP contribution < -0.4 is 5.46 Å². The zero-order chi connectivity index (χ0) is 12.1. The summed E-state index contributed by atoms with van der Waals surface area (Å²) < 4.78 is 13.7. The van der Waals surface area contributed by atoms with Crippen LogP contribution in [0.4, 0.5) is 0 Å². The second-order valence-electron chi connectivity index (χ2n) is 5.30. The molecule has 0 saturated carbocycles. The van der Waals surface area contributed by atoms with Crippen LogP contribution >= 0.6 is 11.6 Å². The Bertz CT molecular complexity index is 379. The summed E-state index contributed by atoms with van der Waals surface area (Å²) in [6.45, 7) is 8.16. The standard InChI is InChI=1S/C11H17BClNO2/c1-10(2)11(3,4)16-12(15-10)8-6-9(13)14(5)7-8/h6-7H,1-5H3. The number of halogens is 1. The Kier molecular flexibility index (Phi) is 2.65. The third kappa shape index (κ3) is 1.79. The molecule has 0 spiro atoms. The fraction of sp³-hybridized carbons (Fsp3) is 0.636. The fourth-order valence-corrected chi connectivity index (χ4v) is 1.84. The average molecular weight is 242 g/mol. The third-order valence-electron chi connectivity index (χ3n) is 3.49. The molecule has 1 fully saturated rings. The SMILES string of the molecule is Cn1cc(B2OC(C)(C)C(C)(C)O2)cc1Cl. The van der Waals surface area contributed by atoms with Gasteiger partial charge < -0.3 is 13.9 Å². The van der Waals surface area contributed by atoms with Crippen molar-refractivity contribution >= 4 is 24.2 Å². The van der Waals surface area contributed by atoms with Crippen molar-refractivity contribution in [1.29, 1.82) is 0 Å². The van der Waals surface area contributed by atoms with Gasteiger partial charge in [-0.25, -0.2) is 0 Å². The molecule has 1 aromatic heterocycles. The van der Waals surface area contributed by atoms with Crippen molar-refractivity contribution in [1.82, 2.24) is 4.57 Å². The summed E-state index contributed by atoms with van der Waals surface area (Å²) in [6.07, 6.45) is 1.94. The summed E-state index contributed by atoms with van der Waals surface area (Å²) in [4.78, 5) is 0. The van der Waals surface area contributed by atoms with Gasteiger partial charge >= 0.3 is 7.12 Å². The lowest BCUT2D eigenvalue weighted by molar-refractivity contribution is 0.00578. The maximum absolute atomic E-state index is 6.00. The largest absolute Gasteiger partial charge is 0.496 e. The molecule has 5 heteroatoms. The Balaban J connectivity index is 2.27. The first-order valence-electron chi connectivity index (χ1n) is 5.40. The van der Waals surface area contributed by atoms with Gasteiger partial charge in [0.1, 0.15) is 5.15 Å². The van der Waals surface area contributed by atoms with Crippen LogP contribution in [0.3, 0.4) is 0 Å². The van der Waals surface area contributed by atoms with Gasteiger partial charge in [0, 0.05) is 18.7 Å². The smallest absolute Gasteiger partial charge is 0.399 e. The highest BCUT2D eigenvalue weighted by atomic mass is 35.5. The molecule has 0 aliphatic carbocycles. The summed E-state index contributed by atoms with van der Waals surface area (Å²) in [5, 5.41) is 0.685. The van der Waals surface area contributed by atoms with E-state index in [1.807, 2.05) is 51.6 Å². The topological polar surface area (TPSA) is 23.4 Å². The van der Waals surface area contributed by atoms with Gasteiger partial charge in [-0.05, 0) is 33.8 Å². The van der Waals surface area contributed by atoms with E-state index in [0.29, 0.717) is 5.15 Å². The van der Waals surface area contributed by atoms with E-state index in [0.717, 1.165) is 5.46 Å². The molecular formula is C11H17BClNO2. The molecular weight excluding hydrogens is 224 g/mol. The van der Waals surface area contributed by atoms with Gasteiger partial charge in [0.2, 0.25) is 0 Å². The molecule has 2 heterocycles. The Morgan fingerprint density at radius 3 is 2.06 bits per heavy atom. The van der Waals surface area contributed by atoms with Crippen LogP contribution in [0.25, 0.3) is 0 Å². The minimum absolute atomic E-state index is 0.306. The monoisotopic (exact) mass is 241 g/mol. The van der Waals surface area contributed by atoms with Crippen LogP contribution in [0.15, 0.2) is 12.3 Å². The van der Waals surface area contributed by atoms with Crippen LogP contribution in [-0.2, 0) is 16.4 Å². The molecule has 2 rings (SSSR count). The summed E-state index contributed by atoms with van der Waals surface area (Å²) in [7, 11) is 1.57. The molecule has 88 valence electrons. The van der Waals surface area contributed by atoms with Gasteiger partial charge in [0.15, 0.2) is 0 Å². The van der Waals surface area contributed by atoms with Gasteiger partial charge in [-0.3, -0.25) is 0 Å². The van der Waals surface area contributed by atoms with Crippen molar-refractivity contribution in [3.05, 3.63) is 17.4 Å². The molecule has 0 amide bonds. The number of hydrogen-bond donors (Lipinski definition) is 0. The molecule has 0 N–H and O–H groups in total. The normalized spacial score (nSPS) is 22.8. The van der Waals surface area contributed by atoms with E-state index in [1.54, 1.807) is 0 Å². The van der Waals surface area contributed by atoms with Crippen LogP contribution in [0.5, 0.6) is 0 Å². The van der Waals surface area contributed by atoms with Crippen molar-refractivity contribution in [2.75, 3.05) is 0 Å². The predicted molar refractivity (Wildman–Crippen MR) is 66.1 cm³/mol. The lowest BCUT2D eigenvalue weighted by Gasteiger charge is -2.32. The number of aryl methyl sites for hydroxylation is 1. The summed E-state index contributed by atoms with van der Waals surface area (Å²) in [5.41, 5.74) is 0.353. The van der Waals surface area contributed by atoms with Gasteiger partial charge in [0.05, 0.1) is 11.2 Å². The highest BCUT2D eigenvalue weighted by Gasteiger charge is 2.51. The Morgan fingerprint density at radius 1 is 1.19 bits per heavy atom.